The number of benzene rings is 1. The fraction of sp³-hybridized carbons (Fsp3) is 0.300. The van der Waals surface area contributed by atoms with Crippen LogP contribution >= 0.6 is 11.6 Å². The lowest BCUT2D eigenvalue weighted by Crippen LogP contribution is -2.09. The molecule has 0 nitrogen and oxygen atoms in total. The van der Waals surface area contributed by atoms with E-state index in [0.29, 0.717) is 0 Å². The largest absolute Gasteiger partial charge is 0.205 e. The van der Waals surface area contributed by atoms with E-state index in [4.69, 9.17) is 11.6 Å². The zero-order valence-corrected chi connectivity index (χ0v) is 7.37. The Morgan fingerprint density at radius 1 is 1.25 bits per heavy atom. The van der Waals surface area contributed by atoms with Crippen molar-refractivity contribution in [1.82, 2.24) is 0 Å². The summed E-state index contributed by atoms with van der Waals surface area (Å²) in [5.74, 6) is 1.07. The Morgan fingerprint density at radius 3 is 2.50 bits per heavy atom. The van der Waals surface area contributed by atoms with Gasteiger partial charge in [-0.3, -0.25) is 0 Å². The molecule has 0 N–H and O–H groups in total. The Labute approximate surface area is 76.4 Å². The van der Waals surface area contributed by atoms with Gasteiger partial charge in [-0.1, -0.05) is 24.1 Å². The normalized spacial score (nSPS) is 17.5. The molecular formula is C10H9ClF. The minimum atomic E-state index is -0.333. The van der Waals surface area contributed by atoms with Gasteiger partial charge in [-0.2, -0.15) is 0 Å². The van der Waals surface area contributed by atoms with Crippen molar-refractivity contribution in [1.29, 1.82) is 0 Å². The zero-order chi connectivity index (χ0) is 8.55. The highest BCUT2D eigenvalue weighted by molar-refractivity contribution is 6.30. The molecular weight excluding hydrogens is 175 g/mol. The van der Waals surface area contributed by atoms with Crippen LogP contribution in [0.25, 0.3) is 0 Å². The first-order chi connectivity index (χ1) is 5.77. The van der Waals surface area contributed by atoms with E-state index in [9.17, 15) is 4.39 Å². The second kappa shape index (κ2) is 3.06. The van der Waals surface area contributed by atoms with Crippen molar-refractivity contribution in [2.45, 2.75) is 19.3 Å². The molecule has 0 aliphatic heterocycles. The first-order valence-electron chi connectivity index (χ1n) is 4.07. The fourth-order valence-corrected chi connectivity index (χ4v) is 1.54. The highest BCUT2D eigenvalue weighted by Crippen LogP contribution is 2.36. The van der Waals surface area contributed by atoms with Crippen LogP contribution in [0.3, 0.4) is 0 Å². The topological polar surface area (TPSA) is 0 Å². The van der Waals surface area contributed by atoms with Gasteiger partial charge in [0.2, 0.25) is 0 Å². The first-order valence-corrected chi connectivity index (χ1v) is 4.45. The second-order valence-electron chi connectivity index (χ2n) is 3.09. The molecule has 1 radical (unpaired) electrons. The zero-order valence-electron chi connectivity index (χ0n) is 6.61. The molecule has 0 aromatic heterocycles. The van der Waals surface area contributed by atoms with Crippen molar-refractivity contribution < 1.29 is 4.39 Å². The van der Waals surface area contributed by atoms with Crippen LogP contribution in [0.5, 0.6) is 0 Å². The highest BCUT2D eigenvalue weighted by atomic mass is 35.5. The van der Waals surface area contributed by atoms with E-state index in [-0.39, 0.29) is 10.8 Å². The molecule has 0 unspecified atom stereocenters. The van der Waals surface area contributed by atoms with Crippen molar-refractivity contribution in [2.75, 3.05) is 0 Å². The molecule has 1 aromatic carbocycles. The van der Waals surface area contributed by atoms with E-state index in [1.165, 1.54) is 18.4 Å². The summed E-state index contributed by atoms with van der Waals surface area (Å²) in [6.45, 7) is 0. The third-order valence-corrected chi connectivity index (χ3v) is 2.57. The molecule has 0 atom stereocenters. The van der Waals surface area contributed by atoms with Gasteiger partial charge >= 0.3 is 0 Å². The van der Waals surface area contributed by atoms with Crippen LogP contribution in [0.1, 0.15) is 24.8 Å². The van der Waals surface area contributed by atoms with E-state index >= 15 is 0 Å². The van der Waals surface area contributed by atoms with E-state index in [0.717, 1.165) is 18.4 Å². The molecule has 63 valence electrons. The quantitative estimate of drug-likeness (QED) is 0.624. The molecule has 0 amide bonds. The maximum Gasteiger partial charge on any atom is 0.141 e. The Bertz CT molecular complexity index is 292. The summed E-state index contributed by atoms with van der Waals surface area (Å²) in [6, 6.07) is 4.95. The molecule has 1 saturated carbocycles. The Kier molecular flexibility index (Phi) is 2.05. The summed E-state index contributed by atoms with van der Waals surface area (Å²) >= 11 is 5.65. The second-order valence-corrected chi connectivity index (χ2v) is 3.49. The monoisotopic (exact) mass is 183 g/mol. The van der Waals surface area contributed by atoms with Gasteiger partial charge in [-0.15, -0.1) is 0 Å². The lowest BCUT2D eigenvalue weighted by Gasteiger charge is -2.25. The summed E-state index contributed by atoms with van der Waals surface area (Å²) in [7, 11) is 0. The summed E-state index contributed by atoms with van der Waals surface area (Å²) < 4.78 is 12.7. The lowest BCUT2D eigenvalue weighted by molar-refractivity contribution is 0.575. The van der Waals surface area contributed by atoms with Crippen LogP contribution in [0.4, 0.5) is 4.39 Å². The molecule has 12 heavy (non-hydrogen) atoms. The summed E-state index contributed by atoms with van der Waals surface area (Å²) in [6.07, 6.45) is 3.54. The van der Waals surface area contributed by atoms with Gasteiger partial charge in [-0.25, -0.2) is 4.39 Å². The maximum atomic E-state index is 12.7. The van der Waals surface area contributed by atoms with Gasteiger partial charge in [0, 0.05) is 5.92 Å². The Balaban J connectivity index is 2.27. The molecule has 1 aromatic rings. The minimum Gasteiger partial charge on any atom is -0.205 e. The SMILES string of the molecule is Fc1ccc([C]2CCC2)cc1Cl. The molecule has 0 bridgehead atoms. The predicted molar refractivity (Wildman–Crippen MR) is 47.6 cm³/mol. The fourth-order valence-electron chi connectivity index (χ4n) is 1.36. The van der Waals surface area contributed by atoms with Crippen LogP contribution in [0, 0.1) is 11.7 Å². The predicted octanol–water partition coefficient (Wildman–Crippen LogP) is 3.59. The molecule has 0 heterocycles. The summed E-state index contributed by atoms with van der Waals surface area (Å²) in [5, 5.41) is 0.229. The average Bonchev–Trinajstić information content (AvgIpc) is 1.93. The molecule has 1 aliphatic carbocycles. The van der Waals surface area contributed by atoms with Crippen LogP contribution in [0.2, 0.25) is 5.02 Å². The average molecular weight is 184 g/mol. The van der Waals surface area contributed by atoms with Gasteiger partial charge in [0.1, 0.15) is 5.82 Å². The summed E-state index contributed by atoms with van der Waals surface area (Å²) in [5.41, 5.74) is 1.10. The number of hydrogen-bond acceptors (Lipinski definition) is 0. The van der Waals surface area contributed by atoms with Crippen molar-refractivity contribution in [3.63, 3.8) is 0 Å². The molecule has 0 spiro atoms. The van der Waals surface area contributed by atoms with Crippen LogP contribution in [-0.4, -0.2) is 0 Å². The van der Waals surface area contributed by atoms with Crippen LogP contribution in [-0.2, 0) is 0 Å². The third-order valence-electron chi connectivity index (χ3n) is 2.28. The van der Waals surface area contributed by atoms with Crippen molar-refractivity contribution >= 4 is 11.6 Å². The maximum absolute atomic E-state index is 12.7. The van der Waals surface area contributed by atoms with Gasteiger partial charge in [0.25, 0.3) is 0 Å². The van der Waals surface area contributed by atoms with E-state index in [1.54, 1.807) is 12.1 Å². The number of halogens is 2. The van der Waals surface area contributed by atoms with Gasteiger partial charge in [0.05, 0.1) is 5.02 Å². The Hall–Kier alpha value is -0.560. The minimum absolute atomic E-state index is 0.229. The smallest absolute Gasteiger partial charge is 0.141 e. The van der Waals surface area contributed by atoms with Gasteiger partial charge in [0.15, 0.2) is 0 Å². The van der Waals surface area contributed by atoms with Gasteiger partial charge in [-0.05, 0) is 30.5 Å². The van der Waals surface area contributed by atoms with Crippen LogP contribution in [0.15, 0.2) is 18.2 Å². The van der Waals surface area contributed by atoms with Crippen molar-refractivity contribution in [3.05, 3.63) is 40.5 Å². The van der Waals surface area contributed by atoms with E-state index in [1.807, 2.05) is 0 Å². The third kappa shape index (κ3) is 1.34. The molecule has 2 heteroatoms. The molecule has 2 rings (SSSR count). The van der Waals surface area contributed by atoms with Crippen molar-refractivity contribution in [3.8, 4) is 0 Å². The molecule has 1 fully saturated rings. The highest BCUT2D eigenvalue weighted by Gasteiger charge is 2.20. The lowest BCUT2D eigenvalue weighted by atomic mass is 9.80. The van der Waals surface area contributed by atoms with E-state index < -0.39 is 0 Å². The van der Waals surface area contributed by atoms with Gasteiger partial charge < -0.3 is 0 Å². The summed E-state index contributed by atoms with van der Waals surface area (Å²) in [4.78, 5) is 0. The molecule has 0 saturated heterocycles. The number of rotatable bonds is 1. The van der Waals surface area contributed by atoms with Crippen LogP contribution < -0.4 is 0 Å². The first kappa shape index (κ1) is 8.06. The van der Waals surface area contributed by atoms with Crippen molar-refractivity contribution in [2.24, 2.45) is 0 Å². The Morgan fingerprint density at radius 2 is 2.00 bits per heavy atom. The molecule has 1 aliphatic rings. The number of hydrogen-bond donors (Lipinski definition) is 0. The standard InChI is InChI=1S/C10H9ClF/c11-9-6-8(4-5-10(9)12)7-2-1-3-7/h4-6H,1-3H2. The van der Waals surface area contributed by atoms with E-state index in [2.05, 4.69) is 0 Å².